The molecular weight excluding hydrogens is 309 g/mol. The van der Waals surface area contributed by atoms with Crippen LogP contribution in [0.5, 0.6) is 0 Å². The van der Waals surface area contributed by atoms with Crippen molar-refractivity contribution in [2.45, 2.75) is 18.8 Å². The smallest absolute Gasteiger partial charge is 0.316 e. The fourth-order valence-electron chi connectivity index (χ4n) is 3.23. The van der Waals surface area contributed by atoms with Crippen molar-refractivity contribution >= 4 is 11.9 Å². The predicted octanol–water partition coefficient (Wildman–Crippen LogP) is 3.00. The van der Waals surface area contributed by atoms with Crippen molar-refractivity contribution in [1.29, 1.82) is 0 Å². The zero-order valence-electron chi connectivity index (χ0n) is 13.3. The number of carbonyl (C=O) groups is 2. The van der Waals surface area contributed by atoms with E-state index in [9.17, 15) is 19.1 Å². The number of carbonyl (C=O) groups excluding carboxylic acids is 1. The van der Waals surface area contributed by atoms with Gasteiger partial charge in [-0.3, -0.25) is 9.59 Å². The molecule has 4 nitrogen and oxygen atoms in total. The van der Waals surface area contributed by atoms with E-state index in [-0.39, 0.29) is 18.3 Å². The van der Waals surface area contributed by atoms with Gasteiger partial charge in [-0.2, -0.15) is 0 Å². The van der Waals surface area contributed by atoms with Crippen molar-refractivity contribution in [3.05, 3.63) is 71.0 Å². The van der Waals surface area contributed by atoms with Gasteiger partial charge in [0, 0.05) is 18.7 Å². The summed E-state index contributed by atoms with van der Waals surface area (Å²) in [6.45, 7) is 2.07. The lowest BCUT2D eigenvalue weighted by Crippen LogP contribution is -2.40. The molecule has 0 saturated carbocycles. The van der Waals surface area contributed by atoms with E-state index in [1.807, 2.05) is 6.07 Å². The summed E-state index contributed by atoms with van der Waals surface area (Å²) in [6.07, 6.45) is 0.359. The number of nitrogens with zero attached hydrogens (tertiary/aromatic N) is 1. The van der Waals surface area contributed by atoms with Crippen LogP contribution < -0.4 is 0 Å². The van der Waals surface area contributed by atoms with Gasteiger partial charge in [0.05, 0.1) is 0 Å². The molecule has 0 aliphatic carbocycles. The van der Waals surface area contributed by atoms with Gasteiger partial charge < -0.3 is 10.0 Å². The summed E-state index contributed by atoms with van der Waals surface area (Å²) in [5, 5.41) is 9.78. The summed E-state index contributed by atoms with van der Waals surface area (Å²) in [7, 11) is 0. The van der Waals surface area contributed by atoms with Crippen molar-refractivity contribution in [3.63, 3.8) is 0 Å². The number of likely N-dealkylation sites (tertiary alicyclic amines) is 1. The van der Waals surface area contributed by atoms with Gasteiger partial charge >= 0.3 is 5.97 Å². The highest BCUT2D eigenvalue weighted by Crippen LogP contribution is 2.35. The van der Waals surface area contributed by atoms with E-state index in [0.29, 0.717) is 29.7 Å². The van der Waals surface area contributed by atoms with Crippen LogP contribution in [0.4, 0.5) is 4.39 Å². The van der Waals surface area contributed by atoms with Crippen LogP contribution in [0.1, 0.15) is 27.9 Å². The number of aryl methyl sites for hydroxylation is 1. The Kier molecular flexibility index (Phi) is 4.09. The number of benzene rings is 2. The molecule has 0 spiro atoms. The molecule has 1 N–H and O–H groups in total. The summed E-state index contributed by atoms with van der Waals surface area (Å²) in [5.41, 5.74) is 0.380. The van der Waals surface area contributed by atoms with Gasteiger partial charge in [0.1, 0.15) is 11.2 Å². The number of rotatable bonds is 3. The average Bonchev–Trinajstić information content (AvgIpc) is 3.04. The molecule has 0 bridgehead atoms. The molecule has 0 radical (unpaired) electrons. The van der Waals surface area contributed by atoms with Gasteiger partial charge in [0.2, 0.25) is 0 Å². The van der Waals surface area contributed by atoms with Gasteiger partial charge in [-0.15, -0.1) is 0 Å². The molecule has 2 aromatic rings. The molecule has 24 heavy (non-hydrogen) atoms. The predicted molar refractivity (Wildman–Crippen MR) is 87.4 cm³/mol. The molecule has 3 rings (SSSR count). The molecule has 124 valence electrons. The van der Waals surface area contributed by atoms with E-state index >= 15 is 0 Å². The number of carboxylic acids is 1. The molecule has 5 heteroatoms. The molecule has 2 aromatic carbocycles. The molecule has 1 saturated heterocycles. The minimum atomic E-state index is -1.09. The first-order chi connectivity index (χ1) is 11.4. The van der Waals surface area contributed by atoms with Gasteiger partial charge in [-0.1, -0.05) is 30.3 Å². The van der Waals surface area contributed by atoms with Crippen LogP contribution in [0.2, 0.25) is 0 Å². The highest BCUT2D eigenvalue weighted by atomic mass is 19.1. The highest BCUT2D eigenvalue weighted by molar-refractivity contribution is 5.95. The molecule has 1 amide bonds. The zero-order chi connectivity index (χ0) is 17.3. The Morgan fingerprint density at radius 1 is 1.17 bits per heavy atom. The quantitative estimate of drug-likeness (QED) is 0.943. The highest BCUT2D eigenvalue weighted by Gasteiger charge is 2.47. The summed E-state index contributed by atoms with van der Waals surface area (Å²) >= 11 is 0. The zero-order valence-corrected chi connectivity index (χ0v) is 13.3. The lowest BCUT2D eigenvalue weighted by molar-refractivity contribution is -0.143. The lowest BCUT2D eigenvalue weighted by Gasteiger charge is -2.25. The van der Waals surface area contributed by atoms with Crippen molar-refractivity contribution in [3.8, 4) is 0 Å². The monoisotopic (exact) mass is 327 g/mol. The maximum Gasteiger partial charge on any atom is 0.316 e. The lowest BCUT2D eigenvalue weighted by atomic mass is 9.80. The minimum Gasteiger partial charge on any atom is -0.481 e. The second-order valence-electron chi connectivity index (χ2n) is 6.19. The fraction of sp³-hybridized carbons (Fsp3) is 0.263. The first-order valence-electron chi connectivity index (χ1n) is 7.78. The summed E-state index contributed by atoms with van der Waals surface area (Å²) in [5.74, 6) is -1.56. The Balaban J connectivity index is 1.89. The number of carboxylic acid groups (broad SMARTS) is 1. The number of aliphatic carboxylic acids is 1. The van der Waals surface area contributed by atoms with Crippen LogP contribution in [-0.2, 0) is 10.2 Å². The maximum absolute atomic E-state index is 13.4. The molecule has 1 atom stereocenters. The van der Waals surface area contributed by atoms with Crippen LogP contribution in [-0.4, -0.2) is 35.0 Å². The minimum absolute atomic E-state index is 0.113. The summed E-state index contributed by atoms with van der Waals surface area (Å²) in [4.78, 5) is 26.1. The molecule has 1 aliphatic rings. The van der Waals surface area contributed by atoms with E-state index < -0.39 is 11.4 Å². The van der Waals surface area contributed by atoms with E-state index in [1.165, 1.54) is 23.1 Å². The molecule has 0 aromatic heterocycles. The molecule has 1 fully saturated rings. The number of hydrogen-bond donors (Lipinski definition) is 1. The molecule has 1 aliphatic heterocycles. The SMILES string of the molecule is Cc1cc(C(=O)N2CCC(C(=O)O)(c3ccccc3)C2)ccc1F. The van der Waals surface area contributed by atoms with Gasteiger partial charge in [0.15, 0.2) is 0 Å². The normalized spacial score (nSPS) is 20.2. The number of hydrogen-bond acceptors (Lipinski definition) is 2. The van der Waals surface area contributed by atoms with Crippen LogP contribution in [0.15, 0.2) is 48.5 Å². The number of amides is 1. The second-order valence-corrected chi connectivity index (χ2v) is 6.19. The van der Waals surface area contributed by atoms with E-state index in [1.54, 1.807) is 31.2 Å². The molecule has 1 unspecified atom stereocenters. The Hall–Kier alpha value is -2.69. The molecular formula is C19H18FNO3. The second kappa shape index (κ2) is 6.07. The first kappa shape index (κ1) is 16.2. The van der Waals surface area contributed by atoms with Crippen LogP contribution in [0, 0.1) is 12.7 Å². The standard InChI is InChI=1S/C19H18FNO3/c1-13-11-14(7-8-16(13)20)17(22)21-10-9-19(12-21,18(23)24)15-5-3-2-4-6-15/h2-8,11H,9-10,12H2,1H3,(H,23,24). The molecule has 1 heterocycles. The van der Waals surface area contributed by atoms with Crippen molar-refractivity contribution < 1.29 is 19.1 Å². The van der Waals surface area contributed by atoms with Gasteiger partial charge in [0.25, 0.3) is 5.91 Å². The first-order valence-corrected chi connectivity index (χ1v) is 7.78. The Morgan fingerprint density at radius 3 is 2.50 bits per heavy atom. The summed E-state index contributed by atoms with van der Waals surface area (Å²) < 4.78 is 13.4. The maximum atomic E-state index is 13.4. The average molecular weight is 327 g/mol. The number of halogens is 1. The van der Waals surface area contributed by atoms with Crippen LogP contribution >= 0.6 is 0 Å². The van der Waals surface area contributed by atoms with Gasteiger partial charge in [-0.25, -0.2) is 4.39 Å². The fourth-order valence-corrected chi connectivity index (χ4v) is 3.23. The van der Waals surface area contributed by atoms with E-state index in [2.05, 4.69) is 0 Å². The topological polar surface area (TPSA) is 57.6 Å². The van der Waals surface area contributed by atoms with Crippen molar-refractivity contribution in [2.75, 3.05) is 13.1 Å². The summed E-state index contributed by atoms with van der Waals surface area (Å²) in [6, 6.07) is 13.2. The van der Waals surface area contributed by atoms with Gasteiger partial charge in [-0.05, 0) is 42.7 Å². The Labute approximate surface area is 139 Å². The Bertz CT molecular complexity index is 790. The largest absolute Gasteiger partial charge is 0.481 e. The third-order valence-electron chi connectivity index (χ3n) is 4.70. The van der Waals surface area contributed by atoms with Crippen LogP contribution in [0.3, 0.4) is 0 Å². The Morgan fingerprint density at radius 2 is 1.88 bits per heavy atom. The van der Waals surface area contributed by atoms with Crippen LogP contribution in [0.25, 0.3) is 0 Å². The van der Waals surface area contributed by atoms with Crippen molar-refractivity contribution in [2.24, 2.45) is 0 Å². The van der Waals surface area contributed by atoms with Crippen molar-refractivity contribution in [1.82, 2.24) is 4.90 Å². The van der Waals surface area contributed by atoms with E-state index in [4.69, 9.17) is 0 Å². The van der Waals surface area contributed by atoms with E-state index in [0.717, 1.165) is 0 Å². The third-order valence-corrected chi connectivity index (χ3v) is 4.70. The third kappa shape index (κ3) is 2.66.